The van der Waals surface area contributed by atoms with E-state index in [1.54, 1.807) is 12.1 Å². The van der Waals surface area contributed by atoms with Crippen molar-refractivity contribution in [2.45, 2.75) is 6.42 Å². The number of fused-ring (bicyclic) bond motifs is 1. The molecule has 4 heteroatoms. The first-order valence-corrected chi connectivity index (χ1v) is 4.89. The van der Waals surface area contributed by atoms with Gasteiger partial charge in [-0.1, -0.05) is 12.1 Å². The first kappa shape index (κ1) is 8.59. The van der Waals surface area contributed by atoms with Crippen LogP contribution in [0.2, 0.25) is 0 Å². The monoisotopic (exact) mass is 204 g/mol. The van der Waals surface area contributed by atoms with Crippen molar-refractivity contribution in [3.05, 3.63) is 35.6 Å². The molecule has 0 spiro atoms. The Morgan fingerprint density at radius 1 is 1.27 bits per heavy atom. The molecule has 2 atom stereocenters. The predicted octanol–water partition coefficient (Wildman–Crippen LogP) is 1.30. The predicted molar refractivity (Wildman–Crippen MR) is 52.7 cm³/mol. The third-order valence-corrected chi connectivity index (χ3v) is 2.90. The van der Waals surface area contributed by atoms with E-state index in [1.807, 2.05) is 0 Å². The minimum absolute atomic E-state index is 0.00543. The highest BCUT2D eigenvalue weighted by Crippen LogP contribution is 2.43. The van der Waals surface area contributed by atoms with Gasteiger partial charge in [0, 0.05) is 11.8 Å². The molecule has 1 aliphatic heterocycles. The molecule has 0 saturated heterocycles. The molecule has 0 bridgehead atoms. The molecule has 1 aromatic carbocycles. The average Bonchev–Trinajstić information content (AvgIpc) is 3.01. The summed E-state index contributed by atoms with van der Waals surface area (Å²) in [5.41, 5.74) is 4.26. The SMILES string of the molecule is O=C1NN=C(c2ccc(F)cc2)[C@@H]2C[C@H]12. The Kier molecular flexibility index (Phi) is 1.65. The number of hydrogen-bond donors (Lipinski definition) is 1. The molecule has 3 nitrogen and oxygen atoms in total. The highest BCUT2D eigenvalue weighted by molar-refractivity contribution is 6.09. The number of carbonyl (C=O) groups is 1. The van der Waals surface area contributed by atoms with Crippen molar-refractivity contribution >= 4 is 11.6 Å². The number of rotatable bonds is 1. The van der Waals surface area contributed by atoms with E-state index in [-0.39, 0.29) is 23.6 Å². The van der Waals surface area contributed by atoms with Gasteiger partial charge in [0.25, 0.3) is 0 Å². The van der Waals surface area contributed by atoms with Crippen molar-refractivity contribution in [2.75, 3.05) is 0 Å². The molecule has 2 aliphatic rings. The van der Waals surface area contributed by atoms with Crippen LogP contribution in [0.25, 0.3) is 0 Å². The maximum Gasteiger partial charge on any atom is 0.243 e. The number of carbonyl (C=O) groups excluding carboxylic acids is 1. The summed E-state index contributed by atoms with van der Waals surface area (Å²) in [6, 6.07) is 6.21. The van der Waals surface area contributed by atoms with Gasteiger partial charge in [-0.2, -0.15) is 5.10 Å². The van der Waals surface area contributed by atoms with Crippen LogP contribution >= 0.6 is 0 Å². The lowest BCUT2D eigenvalue weighted by Crippen LogP contribution is -2.28. The molecule has 3 rings (SSSR count). The van der Waals surface area contributed by atoms with Crippen molar-refractivity contribution in [3.8, 4) is 0 Å². The summed E-state index contributed by atoms with van der Waals surface area (Å²) >= 11 is 0. The zero-order chi connectivity index (χ0) is 10.4. The number of nitrogens with one attached hydrogen (secondary N) is 1. The molecule has 0 unspecified atom stereocenters. The topological polar surface area (TPSA) is 41.5 Å². The maximum absolute atomic E-state index is 12.7. The molecule has 1 amide bonds. The number of amides is 1. The second-order valence-electron chi connectivity index (χ2n) is 3.93. The van der Waals surface area contributed by atoms with Crippen LogP contribution in [0.3, 0.4) is 0 Å². The summed E-state index contributed by atoms with van der Waals surface area (Å²) in [4.78, 5) is 11.2. The maximum atomic E-state index is 12.7. The molecule has 76 valence electrons. The third-order valence-electron chi connectivity index (χ3n) is 2.90. The normalized spacial score (nSPS) is 27.8. The molecule has 1 aliphatic carbocycles. The molecule has 1 N–H and O–H groups in total. The van der Waals surface area contributed by atoms with E-state index in [0.717, 1.165) is 17.7 Å². The van der Waals surface area contributed by atoms with Crippen LogP contribution in [0.4, 0.5) is 4.39 Å². The van der Waals surface area contributed by atoms with Gasteiger partial charge in [-0.05, 0) is 24.1 Å². The van der Waals surface area contributed by atoms with Crippen LogP contribution in [0, 0.1) is 17.7 Å². The Balaban J connectivity index is 1.95. The van der Waals surface area contributed by atoms with Crippen molar-refractivity contribution in [1.82, 2.24) is 5.43 Å². The summed E-state index contributed by atoms with van der Waals surface area (Å²) in [7, 11) is 0. The van der Waals surface area contributed by atoms with Gasteiger partial charge >= 0.3 is 0 Å². The molecule has 1 fully saturated rings. The van der Waals surface area contributed by atoms with Crippen LogP contribution in [-0.2, 0) is 4.79 Å². The minimum atomic E-state index is -0.258. The van der Waals surface area contributed by atoms with Crippen molar-refractivity contribution in [2.24, 2.45) is 16.9 Å². The highest BCUT2D eigenvalue weighted by Gasteiger charge is 2.49. The van der Waals surface area contributed by atoms with Crippen molar-refractivity contribution < 1.29 is 9.18 Å². The van der Waals surface area contributed by atoms with E-state index in [9.17, 15) is 9.18 Å². The summed E-state index contributed by atoms with van der Waals surface area (Å²) in [6.07, 6.45) is 0.863. The fourth-order valence-corrected chi connectivity index (χ4v) is 1.97. The number of nitrogens with zero attached hydrogens (tertiary/aromatic N) is 1. The molecule has 1 saturated carbocycles. The Morgan fingerprint density at radius 2 is 2.00 bits per heavy atom. The van der Waals surface area contributed by atoms with E-state index in [4.69, 9.17) is 0 Å². The first-order chi connectivity index (χ1) is 7.25. The second-order valence-corrected chi connectivity index (χ2v) is 3.93. The number of halogens is 1. The van der Waals surface area contributed by atoms with Gasteiger partial charge in [-0.3, -0.25) is 4.79 Å². The third kappa shape index (κ3) is 1.33. The van der Waals surface area contributed by atoms with E-state index < -0.39 is 0 Å². The highest BCUT2D eigenvalue weighted by atomic mass is 19.1. The fraction of sp³-hybridized carbons (Fsp3) is 0.273. The van der Waals surface area contributed by atoms with Crippen molar-refractivity contribution in [1.29, 1.82) is 0 Å². The van der Waals surface area contributed by atoms with Crippen LogP contribution in [-0.4, -0.2) is 11.6 Å². The molecule has 0 aromatic heterocycles. The zero-order valence-corrected chi connectivity index (χ0v) is 7.90. The molecule has 1 heterocycles. The largest absolute Gasteiger partial charge is 0.273 e. The van der Waals surface area contributed by atoms with Gasteiger partial charge in [0.2, 0.25) is 5.91 Å². The van der Waals surface area contributed by atoms with Crippen LogP contribution in [0.15, 0.2) is 29.4 Å². The van der Waals surface area contributed by atoms with Gasteiger partial charge < -0.3 is 0 Å². The summed E-state index contributed by atoms with van der Waals surface area (Å²) in [5.74, 6) is 0.0733. The lowest BCUT2D eigenvalue weighted by atomic mass is 10.0. The van der Waals surface area contributed by atoms with E-state index in [0.29, 0.717) is 0 Å². The standard InChI is InChI=1S/C11H9FN2O/c12-7-3-1-6(2-4-7)10-8-5-9(8)11(15)14-13-10/h1-4,8-9H,5H2,(H,14,15)/t8-,9+/m1/s1. The Bertz CT molecular complexity index is 452. The van der Waals surface area contributed by atoms with Crippen LogP contribution < -0.4 is 5.43 Å². The van der Waals surface area contributed by atoms with Gasteiger partial charge in [0.1, 0.15) is 5.82 Å². The molecule has 15 heavy (non-hydrogen) atoms. The number of benzene rings is 1. The number of hydrogen-bond acceptors (Lipinski definition) is 2. The lowest BCUT2D eigenvalue weighted by molar-refractivity contribution is -0.122. The zero-order valence-electron chi connectivity index (χ0n) is 7.90. The van der Waals surface area contributed by atoms with Gasteiger partial charge in [0.05, 0.1) is 5.71 Å². The minimum Gasteiger partial charge on any atom is -0.273 e. The van der Waals surface area contributed by atoms with E-state index in [1.165, 1.54) is 12.1 Å². The molecular formula is C11H9FN2O. The average molecular weight is 204 g/mol. The summed E-state index contributed by atoms with van der Waals surface area (Å²) < 4.78 is 12.7. The summed E-state index contributed by atoms with van der Waals surface area (Å²) in [6.45, 7) is 0. The van der Waals surface area contributed by atoms with E-state index >= 15 is 0 Å². The Hall–Kier alpha value is -1.71. The second kappa shape index (κ2) is 2.89. The quantitative estimate of drug-likeness (QED) is 0.736. The van der Waals surface area contributed by atoms with Crippen molar-refractivity contribution in [3.63, 3.8) is 0 Å². The molecular weight excluding hydrogens is 195 g/mol. The Morgan fingerprint density at radius 3 is 2.73 bits per heavy atom. The van der Waals surface area contributed by atoms with Gasteiger partial charge in [-0.15, -0.1) is 0 Å². The van der Waals surface area contributed by atoms with Crippen LogP contribution in [0.1, 0.15) is 12.0 Å². The molecule has 0 radical (unpaired) electrons. The van der Waals surface area contributed by atoms with Crippen LogP contribution in [0.5, 0.6) is 0 Å². The number of hydrazone groups is 1. The fourth-order valence-electron chi connectivity index (χ4n) is 1.97. The van der Waals surface area contributed by atoms with E-state index in [2.05, 4.69) is 10.5 Å². The van der Waals surface area contributed by atoms with Gasteiger partial charge in [0.15, 0.2) is 0 Å². The Labute approximate surface area is 86.0 Å². The molecule has 1 aromatic rings. The smallest absolute Gasteiger partial charge is 0.243 e. The summed E-state index contributed by atoms with van der Waals surface area (Å²) in [5, 5.41) is 4.03. The van der Waals surface area contributed by atoms with Gasteiger partial charge in [-0.25, -0.2) is 9.82 Å². The first-order valence-electron chi connectivity index (χ1n) is 4.89. The lowest BCUT2D eigenvalue weighted by Gasteiger charge is -2.11.